The smallest absolute Gasteiger partial charge is 0.338 e. The lowest BCUT2D eigenvalue weighted by molar-refractivity contribution is -0.118. The first kappa shape index (κ1) is 17.2. The minimum atomic E-state index is -0.409. The highest BCUT2D eigenvalue weighted by Gasteiger charge is 2.08. The monoisotopic (exact) mass is 327 g/mol. The topological polar surface area (TPSA) is 81.7 Å². The van der Waals surface area contributed by atoms with E-state index in [1.165, 1.54) is 0 Å². The Kier molecular flexibility index (Phi) is 6.08. The number of aldehydes is 1. The van der Waals surface area contributed by atoms with Gasteiger partial charge in [0.25, 0.3) is 5.91 Å². The fourth-order valence-electron chi connectivity index (χ4n) is 1.93. The molecular formula is C18H17NO5. The van der Waals surface area contributed by atoms with E-state index >= 15 is 0 Å². The largest absolute Gasteiger partial charge is 0.484 e. The van der Waals surface area contributed by atoms with Crippen molar-refractivity contribution in [2.24, 2.45) is 0 Å². The Morgan fingerprint density at radius 1 is 1.12 bits per heavy atom. The van der Waals surface area contributed by atoms with E-state index < -0.39 is 5.97 Å². The Labute approximate surface area is 139 Å². The fourth-order valence-corrected chi connectivity index (χ4v) is 1.93. The van der Waals surface area contributed by atoms with Crippen molar-refractivity contribution in [2.45, 2.75) is 6.92 Å². The van der Waals surface area contributed by atoms with Crippen LogP contribution in [0.5, 0.6) is 5.75 Å². The Hall–Kier alpha value is -3.15. The van der Waals surface area contributed by atoms with Crippen molar-refractivity contribution in [3.63, 3.8) is 0 Å². The van der Waals surface area contributed by atoms with Crippen LogP contribution in [-0.2, 0) is 9.53 Å². The molecule has 0 spiro atoms. The molecule has 124 valence electrons. The van der Waals surface area contributed by atoms with E-state index in [0.717, 1.165) is 0 Å². The van der Waals surface area contributed by atoms with Crippen LogP contribution in [0.15, 0.2) is 48.5 Å². The molecule has 0 atom stereocenters. The van der Waals surface area contributed by atoms with Gasteiger partial charge in [-0.05, 0) is 43.3 Å². The molecular weight excluding hydrogens is 310 g/mol. The molecule has 2 aromatic carbocycles. The number of hydrogen-bond acceptors (Lipinski definition) is 5. The number of ether oxygens (including phenoxy) is 2. The number of carbonyl (C=O) groups excluding carboxylic acids is 3. The van der Waals surface area contributed by atoms with E-state index in [1.807, 2.05) is 0 Å². The second-order valence-corrected chi connectivity index (χ2v) is 4.83. The van der Waals surface area contributed by atoms with Crippen LogP contribution < -0.4 is 10.1 Å². The lowest BCUT2D eigenvalue weighted by Gasteiger charge is -2.08. The second kappa shape index (κ2) is 8.47. The number of benzene rings is 2. The molecule has 0 aliphatic heterocycles. The summed E-state index contributed by atoms with van der Waals surface area (Å²) in [5.41, 5.74) is 1.43. The molecule has 0 aliphatic carbocycles. The maximum atomic E-state index is 11.9. The summed E-state index contributed by atoms with van der Waals surface area (Å²) >= 11 is 0. The zero-order chi connectivity index (χ0) is 17.4. The summed E-state index contributed by atoms with van der Waals surface area (Å²) < 4.78 is 10.2. The highest BCUT2D eigenvalue weighted by Crippen LogP contribution is 2.13. The molecule has 2 rings (SSSR count). The third-order valence-electron chi connectivity index (χ3n) is 3.04. The molecule has 0 aliphatic rings. The van der Waals surface area contributed by atoms with Gasteiger partial charge < -0.3 is 14.8 Å². The van der Waals surface area contributed by atoms with Crippen LogP contribution in [0, 0.1) is 0 Å². The molecule has 0 unspecified atom stereocenters. The predicted molar refractivity (Wildman–Crippen MR) is 88.4 cm³/mol. The normalized spacial score (nSPS) is 9.88. The quantitative estimate of drug-likeness (QED) is 0.624. The lowest BCUT2D eigenvalue weighted by atomic mass is 10.2. The number of hydrogen-bond donors (Lipinski definition) is 1. The van der Waals surface area contributed by atoms with Crippen molar-refractivity contribution in [1.82, 2.24) is 0 Å². The molecule has 0 bridgehead atoms. The van der Waals surface area contributed by atoms with Gasteiger partial charge in [-0.15, -0.1) is 0 Å². The second-order valence-electron chi connectivity index (χ2n) is 4.83. The van der Waals surface area contributed by atoms with E-state index in [9.17, 15) is 14.4 Å². The van der Waals surface area contributed by atoms with E-state index in [1.54, 1.807) is 55.5 Å². The Morgan fingerprint density at radius 2 is 1.88 bits per heavy atom. The van der Waals surface area contributed by atoms with E-state index in [0.29, 0.717) is 35.5 Å². The molecule has 1 amide bonds. The fraction of sp³-hybridized carbons (Fsp3) is 0.167. The van der Waals surface area contributed by atoms with E-state index in [4.69, 9.17) is 9.47 Å². The Morgan fingerprint density at radius 3 is 2.54 bits per heavy atom. The molecule has 0 saturated carbocycles. The van der Waals surface area contributed by atoms with Gasteiger partial charge in [0, 0.05) is 11.3 Å². The van der Waals surface area contributed by atoms with Crippen LogP contribution >= 0.6 is 0 Å². The Bertz CT molecular complexity index is 724. The van der Waals surface area contributed by atoms with Gasteiger partial charge in [0.15, 0.2) is 6.61 Å². The van der Waals surface area contributed by atoms with Crippen LogP contribution in [0.3, 0.4) is 0 Å². The highest BCUT2D eigenvalue weighted by atomic mass is 16.5. The zero-order valence-electron chi connectivity index (χ0n) is 13.2. The molecule has 0 aromatic heterocycles. The lowest BCUT2D eigenvalue weighted by Crippen LogP contribution is -2.20. The predicted octanol–water partition coefficient (Wildman–Crippen LogP) is 2.69. The Balaban J connectivity index is 1.87. The van der Waals surface area contributed by atoms with Crippen molar-refractivity contribution in [1.29, 1.82) is 0 Å². The van der Waals surface area contributed by atoms with Gasteiger partial charge in [-0.25, -0.2) is 4.79 Å². The zero-order valence-corrected chi connectivity index (χ0v) is 13.2. The SMILES string of the molecule is CCOC(=O)c1ccc(NC(=O)COc2cccc(C=O)c2)cc1. The third-order valence-corrected chi connectivity index (χ3v) is 3.04. The van der Waals surface area contributed by atoms with Crippen LogP contribution in [-0.4, -0.2) is 31.4 Å². The first-order valence-electron chi connectivity index (χ1n) is 7.37. The number of rotatable bonds is 7. The van der Waals surface area contributed by atoms with Crippen molar-refractivity contribution < 1.29 is 23.9 Å². The minimum Gasteiger partial charge on any atom is -0.484 e. The molecule has 0 heterocycles. The molecule has 6 heteroatoms. The number of amides is 1. The van der Waals surface area contributed by atoms with Crippen molar-refractivity contribution >= 4 is 23.9 Å². The number of esters is 1. The van der Waals surface area contributed by atoms with Gasteiger partial charge in [-0.3, -0.25) is 9.59 Å². The maximum absolute atomic E-state index is 11.9. The van der Waals surface area contributed by atoms with Gasteiger partial charge in [0.05, 0.1) is 12.2 Å². The van der Waals surface area contributed by atoms with E-state index in [2.05, 4.69) is 5.32 Å². The molecule has 24 heavy (non-hydrogen) atoms. The summed E-state index contributed by atoms with van der Waals surface area (Å²) in [6.07, 6.45) is 0.706. The number of nitrogens with one attached hydrogen (secondary N) is 1. The van der Waals surface area contributed by atoms with Gasteiger partial charge in [-0.2, -0.15) is 0 Å². The van der Waals surface area contributed by atoms with Gasteiger partial charge >= 0.3 is 5.97 Å². The van der Waals surface area contributed by atoms with Crippen LogP contribution in [0.1, 0.15) is 27.6 Å². The van der Waals surface area contributed by atoms with Gasteiger partial charge in [-0.1, -0.05) is 12.1 Å². The van der Waals surface area contributed by atoms with Gasteiger partial charge in [0.2, 0.25) is 0 Å². The maximum Gasteiger partial charge on any atom is 0.338 e. The van der Waals surface area contributed by atoms with Crippen molar-refractivity contribution in [3.8, 4) is 5.75 Å². The molecule has 6 nitrogen and oxygen atoms in total. The summed E-state index contributed by atoms with van der Waals surface area (Å²) in [6, 6.07) is 12.9. The van der Waals surface area contributed by atoms with Crippen LogP contribution in [0.2, 0.25) is 0 Å². The summed E-state index contributed by atoms with van der Waals surface area (Å²) in [5, 5.41) is 2.65. The van der Waals surface area contributed by atoms with Crippen molar-refractivity contribution in [2.75, 3.05) is 18.5 Å². The summed E-state index contributed by atoms with van der Waals surface area (Å²) in [7, 11) is 0. The number of anilines is 1. The average Bonchev–Trinajstić information content (AvgIpc) is 2.61. The van der Waals surface area contributed by atoms with Gasteiger partial charge in [0.1, 0.15) is 12.0 Å². The average molecular weight is 327 g/mol. The van der Waals surface area contributed by atoms with Crippen molar-refractivity contribution in [3.05, 3.63) is 59.7 Å². The molecule has 0 saturated heterocycles. The molecule has 2 aromatic rings. The standard InChI is InChI=1S/C18H17NO5/c1-2-23-18(22)14-6-8-15(9-7-14)19-17(21)12-24-16-5-3-4-13(10-16)11-20/h3-11H,2,12H2,1H3,(H,19,21). The minimum absolute atomic E-state index is 0.193. The highest BCUT2D eigenvalue weighted by molar-refractivity contribution is 5.93. The molecule has 0 fully saturated rings. The van der Waals surface area contributed by atoms with Crippen LogP contribution in [0.25, 0.3) is 0 Å². The van der Waals surface area contributed by atoms with Crippen LogP contribution in [0.4, 0.5) is 5.69 Å². The molecule has 0 radical (unpaired) electrons. The summed E-state index contributed by atoms with van der Waals surface area (Å²) in [5.74, 6) is -0.323. The number of carbonyl (C=O) groups is 3. The third kappa shape index (κ3) is 4.95. The first-order valence-corrected chi connectivity index (χ1v) is 7.37. The molecule has 1 N–H and O–H groups in total. The van der Waals surface area contributed by atoms with E-state index in [-0.39, 0.29) is 12.5 Å². The summed E-state index contributed by atoms with van der Waals surface area (Å²) in [6.45, 7) is 1.85. The summed E-state index contributed by atoms with van der Waals surface area (Å²) in [4.78, 5) is 34.1. The first-order chi connectivity index (χ1) is 11.6.